The molecule has 0 radical (unpaired) electrons. The molecule has 17 heavy (non-hydrogen) atoms. The maximum absolute atomic E-state index is 11.8. The molecule has 2 N–H and O–H groups in total. The third-order valence-corrected chi connectivity index (χ3v) is 2.48. The van der Waals surface area contributed by atoms with E-state index in [0.717, 1.165) is 12.2 Å². The minimum atomic E-state index is -0.212. The van der Waals surface area contributed by atoms with Crippen LogP contribution >= 0.6 is 0 Å². The third-order valence-electron chi connectivity index (χ3n) is 2.48. The first kappa shape index (κ1) is 13.6. The molecular formula is C14H22N2O. The van der Waals surface area contributed by atoms with Gasteiger partial charge in [-0.15, -0.1) is 0 Å². The number of anilines is 1. The molecule has 0 bridgehead atoms. The third kappa shape index (κ3) is 4.89. The van der Waals surface area contributed by atoms with Crippen LogP contribution < -0.4 is 10.6 Å². The van der Waals surface area contributed by atoms with Gasteiger partial charge in [-0.05, 0) is 37.5 Å². The van der Waals surface area contributed by atoms with Crippen molar-refractivity contribution in [1.29, 1.82) is 0 Å². The summed E-state index contributed by atoms with van der Waals surface area (Å²) < 4.78 is 0. The van der Waals surface area contributed by atoms with E-state index in [9.17, 15) is 4.79 Å². The molecule has 1 atom stereocenters. The van der Waals surface area contributed by atoms with Crippen LogP contribution in [0.1, 0.15) is 26.3 Å². The highest BCUT2D eigenvalue weighted by molar-refractivity contribution is 5.84. The zero-order chi connectivity index (χ0) is 12.8. The number of aryl methyl sites for hydroxylation is 1. The van der Waals surface area contributed by atoms with E-state index in [0.29, 0.717) is 5.92 Å². The lowest BCUT2D eigenvalue weighted by atomic mass is 10.2. The summed E-state index contributed by atoms with van der Waals surface area (Å²) in [6.45, 7) is 8.79. The smallest absolute Gasteiger partial charge is 0.242 e. The second kappa shape index (κ2) is 6.28. The lowest BCUT2D eigenvalue weighted by Crippen LogP contribution is -2.39. The van der Waals surface area contributed by atoms with E-state index < -0.39 is 0 Å². The number of benzene rings is 1. The summed E-state index contributed by atoms with van der Waals surface area (Å²) in [7, 11) is 0. The van der Waals surface area contributed by atoms with Gasteiger partial charge in [-0.1, -0.05) is 26.0 Å². The summed E-state index contributed by atoms with van der Waals surface area (Å²) >= 11 is 0. The van der Waals surface area contributed by atoms with E-state index in [1.165, 1.54) is 5.56 Å². The molecule has 0 aliphatic rings. The fourth-order valence-corrected chi connectivity index (χ4v) is 1.51. The van der Waals surface area contributed by atoms with E-state index in [2.05, 4.69) is 24.5 Å². The van der Waals surface area contributed by atoms with E-state index in [4.69, 9.17) is 0 Å². The first-order chi connectivity index (χ1) is 7.99. The SMILES string of the molecule is Cc1cccc(N[C@@H](C)C(=O)NCC(C)C)c1. The van der Waals surface area contributed by atoms with Crippen molar-refractivity contribution >= 4 is 11.6 Å². The lowest BCUT2D eigenvalue weighted by Gasteiger charge is -2.16. The largest absolute Gasteiger partial charge is 0.374 e. The molecule has 0 aromatic heterocycles. The van der Waals surface area contributed by atoms with Crippen LogP contribution in [0, 0.1) is 12.8 Å². The summed E-state index contributed by atoms with van der Waals surface area (Å²) in [5, 5.41) is 6.11. The van der Waals surface area contributed by atoms with Crippen molar-refractivity contribution in [3.05, 3.63) is 29.8 Å². The zero-order valence-corrected chi connectivity index (χ0v) is 11.1. The second-order valence-corrected chi connectivity index (χ2v) is 4.87. The van der Waals surface area contributed by atoms with Gasteiger partial charge in [-0.25, -0.2) is 0 Å². The molecule has 3 heteroatoms. The fraction of sp³-hybridized carbons (Fsp3) is 0.500. The average Bonchev–Trinajstić information content (AvgIpc) is 2.25. The maximum Gasteiger partial charge on any atom is 0.242 e. The topological polar surface area (TPSA) is 41.1 Å². The Morgan fingerprint density at radius 1 is 1.29 bits per heavy atom. The molecule has 0 heterocycles. The minimum Gasteiger partial charge on any atom is -0.374 e. The van der Waals surface area contributed by atoms with Gasteiger partial charge in [0.15, 0.2) is 0 Å². The molecule has 0 spiro atoms. The Bertz CT molecular complexity index is 374. The molecule has 1 aromatic carbocycles. The molecule has 3 nitrogen and oxygen atoms in total. The normalized spacial score (nSPS) is 12.3. The molecule has 0 saturated heterocycles. The summed E-state index contributed by atoms with van der Waals surface area (Å²) in [5.74, 6) is 0.519. The van der Waals surface area contributed by atoms with Crippen LogP contribution in [0.15, 0.2) is 24.3 Å². The summed E-state index contributed by atoms with van der Waals surface area (Å²) in [4.78, 5) is 11.8. The van der Waals surface area contributed by atoms with Crippen LogP contribution in [0.2, 0.25) is 0 Å². The molecule has 1 aromatic rings. The number of rotatable bonds is 5. The Hall–Kier alpha value is -1.51. The number of carbonyl (C=O) groups is 1. The molecular weight excluding hydrogens is 212 g/mol. The van der Waals surface area contributed by atoms with Crippen molar-refractivity contribution in [2.45, 2.75) is 33.7 Å². The number of carbonyl (C=O) groups excluding carboxylic acids is 1. The fourth-order valence-electron chi connectivity index (χ4n) is 1.51. The first-order valence-electron chi connectivity index (χ1n) is 6.10. The van der Waals surface area contributed by atoms with Gasteiger partial charge in [0.05, 0.1) is 0 Å². The Balaban J connectivity index is 2.48. The Morgan fingerprint density at radius 3 is 2.59 bits per heavy atom. The molecule has 0 fully saturated rings. The molecule has 0 aliphatic carbocycles. The van der Waals surface area contributed by atoms with Crippen LogP contribution in [0.4, 0.5) is 5.69 Å². The van der Waals surface area contributed by atoms with Crippen molar-refractivity contribution in [3.63, 3.8) is 0 Å². The van der Waals surface area contributed by atoms with Gasteiger partial charge in [0.1, 0.15) is 6.04 Å². The molecule has 0 saturated carbocycles. The molecule has 94 valence electrons. The average molecular weight is 234 g/mol. The van der Waals surface area contributed by atoms with E-state index in [-0.39, 0.29) is 11.9 Å². The highest BCUT2D eigenvalue weighted by Crippen LogP contribution is 2.10. The number of hydrogen-bond donors (Lipinski definition) is 2. The predicted molar refractivity (Wildman–Crippen MR) is 72.1 cm³/mol. The zero-order valence-electron chi connectivity index (χ0n) is 11.1. The number of hydrogen-bond acceptors (Lipinski definition) is 2. The van der Waals surface area contributed by atoms with Gasteiger partial charge in [0.2, 0.25) is 5.91 Å². The van der Waals surface area contributed by atoms with Crippen LogP contribution in [0.25, 0.3) is 0 Å². The van der Waals surface area contributed by atoms with Crippen molar-refractivity contribution in [1.82, 2.24) is 5.32 Å². The maximum atomic E-state index is 11.8. The van der Waals surface area contributed by atoms with Gasteiger partial charge in [0, 0.05) is 12.2 Å². The van der Waals surface area contributed by atoms with Crippen molar-refractivity contribution < 1.29 is 4.79 Å². The van der Waals surface area contributed by atoms with Gasteiger partial charge >= 0.3 is 0 Å². The second-order valence-electron chi connectivity index (χ2n) is 4.87. The standard InChI is InChI=1S/C14H22N2O/c1-10(2)9-15-14(17)12(4)16-13-7-5-6-11(3)8-13/h5-8,10,12,16H,9H2,1-4H3,(H,15,17)/t12-/m0/s1. The monoisotopic (exact) mass is 234 g/mol. The van der Waals surface area contributed by atoms with Gasteiger partial charge in [-0.3, -0.25) is 4.79 Å². The van der Waals surface area contributed by atoms with Gasteiger partial charge in [0.25, 0.3) is 0 Å². The van der Waals surface area contributed by atoms with Gasteiger partial charge < -0.3 is 10.6 Å². The van der Waals surface area contributed by atoms with Crippen LogP contribution in [0.5, 0.6) is 0 Å². The first-order valence-corrected chi connectivity index (χ1v) is 6.10. The van der Waals surface area contributed by atoms with E-state index in [1.807, 2.05) is 38.1 Å². The van der Waals surface area contributed by atoms with Crippen molar-refractivity contribution in [2.24, 2.45) is 5.92 Å². The Kier molecular flexibility index (Phi) is 5.01. The molecule has 0 aliphatic heterocycles. The van der Waals surface area contributed by atoms with Crippen LogP contribution in [-0.2, 0) is 4.79 Å². The highest BCUT2D eigenvalue weighted by atomic mass is 16.2. The van der Waals surface area contributed by atoms with E-state index >= 15 is 0 Å². The molecule has 0 unspecified atom stereocenters. The highest BCUT2D eigenvalue weighted by Gasteiger charge is 2.12. The van der Waals surface area contributed by atoms with Crippen molar-refractivity contribution in [2.75, 3.05) is 11.9 Å². The molecule has 1 rings (SSSR count). The van der Waals surface area contributed by atoms with Crippen LogP contribution in [-0.4, -0.2) is 18.5 Å². The summed E-state index contributed by atoms with van der Waals surface area (Å²) in [6.07, 6.45) is 0. The summed E-state index contributed by atoms with van der Waals surface area (Å²) in [5.41, 5.74) is 2.17. The Labute approximate surface area is 104 Å². The Morgan fingerprint density at radius 2 is 2.00 bits per heavy atom. The lowest BCUT2D eigenvalue weighted by molar-refractivity contribution is -0.121. The quantitative estimate of drug-likeness (QED) is 0.822. The van der Waals surface area contributed by atoms with E-state index in [1.54, 1.807) is 0 Å². The molecule has 1 amide bonds. The number of nitrogens with one attached hydrogen (secondary N) is 2. The van der Waals surface area contributed by atoms with Gasteiger partial charge in [-0.2, -0.15) is 0 Å². The number of amides is 1. The predicted octanol–water partition coefficient (Wildman–Crippen LogP) is 2.57. The minimum absolute atomic E-state index is 0.0419. The van der Waals surface area contributed by atoms with Crippen molar-refractivity contribution in [3.8, 4) is 0 Å². The summed E-state index contributed by atoms with van der Waals surface area (Å²) in [6, 6.07) is 7.81. The van der Waals surface area contributed by atoms with Crippen LogP contribution in [0.3, 0.4) is 0 Å².